The standard InChI is InChI=1S/C18H20ClN3O3/c1-18(2,3)25-21-17(24)15-10-9-14(12-20-15)22(16(23)11-19)13-7-5-4-6-8-13/h4-10,12H,11H2,1-3H3,(H,21,24). The summed E-state index contributed by atoms with van der Waals surface area (Å²) in [4.78, 5) is 35.0. The van der Waals surface area contributed by atoms with E-state index < -0.39 is 11.5 Å². The van der Waals surface area contributed by atoms with Gasteiger partial charge in [0, 0.05) is 5.69 Å². The lowest BCUT2D eigenvalue weighted by Crippen LogP contribution is -2.34. The first kappa shape index (κ1) is 18.9. The smallest absolute Gasteiger partial charge is 0.278 e. The van der Waals surface area contributed by atoms with E-state index in [9.17, 15) is 9.59 Å². The van der Waals surface area contributed by atoms with Crippen molar-refractivity contribution >= 4 is 34.8 Å². The Kier molecular flexibility index (Phi) is 6.12. The molecule has 25 heavy (non-hydrogen) atoms. The van der Waals surface area contributed by atoms with Crippen LogP contribution in [0.2, 0.25) is 0 Å². The second-order valence-corrected chi connectivity index (χ2v) is 6.51. The minimum Gasteiger partial charge on any atom is -0.278 e. The van der Waals surface area contributed by atoms with Gasteiger partial charge in [-0.15, -0.1) is 11.6 Å². The molecular formula is C18H20ClN3O3. The second-order valence-electron chi connectivity index (χ2n) is 6.25. The van der Waals surface area contributed by atoms with Crippen molar-refractivity contribution in [3.8, 4) is 0 Å². The molecule has 0 radical (unpaired) electrons. The topological polar surface area (TPSA) is 71.5 Å². The maximum atomic E-state index is 12.2. The molecule has 0 atom stereocenters. The van der Waals surface area contributed by atoms with Gasteiger partial charge in [0.1, 0.15) is 11.6 Å². The molecule has 0 aliphatic rings. The average molecular weight is 362 g/mol. The van der Waals surface area contributed by atoms with Crippen molar-refractivity contribution in [2.24, 2.45) is 0 Å². The number of benzene rings is 1. The first-order valence-electron chi connectivity index (χ1n) is 7.70. The zero-order chi connectivity index (χ0) is 18.4. The van der Waals surface area contributed by atoms with Gasteiger partial charge in [-0.1, -0.05) is 18.2 Å². The summed E-state index contributed by atoms with van der Waals surface area (Å²) in [6, 6.07) is 12.2. The number of alkyl halides is 1. The Bertz CT molecular complexity index is 727. The molecule has 7 heteroatoms. The van der Waals surface area contributed by atoms with Crippen LogP contribution in [0.15, 0.2) is 48.7 Å². The first-order valence-corrected chi connectivity index (χ1v) is 8.23. The van der Waals surface area contributed by atoms with Crippen molar-refractivity contribution in [2.45, 2.75) is 26.4 Å². The van der Waals surface area contributed by atoms with Crippen LogP contribution < -0.4 is 10.4 Å². The fourth-order valence-corrected chi connectivity index (χ4v) is 2.10. The molecule has 2 amide bonds. The van der Waals surface area contributed by atoms with Crippen LogP contribution in [0.1, 0.15) is 31.3 Å². The Hall–Kier alpha value is -2.44. The van der Waals surface area contributed by atoms with E-state index in [2.05, 4.69) is 10.5 Å². The molecule has 0 unspecified atom stereocenters. The quantitative estimate of drug-likeness (QED) is 0.654. The summed E-state index contributed by atoms with van der Waals surface area (Å²) in [6.45, 7) is 5.46. The number of rotatable bonds is 5. The minimum absolute atomic E-state index is 0.170. The molecular weight excluding hydrogens is 342 g/mol. The number of hydrogen-bond acceptors (Lipinski definition) is 4. The highest BCUT2D eigenvalue weighted by Crippen LogP contribution is 2.25. The predicted octanol–water partition coefficient (Wildman–Crippen LogP) is 3.45. The molecule has 0 fully saturated rings. The molecule has 1 heterocycles. The van der Waals surface area contributed by atoms with Crippen molar-refractivity contribution in [1.29, 1.82) is 0 Å². The number of anilines is 2. The number of nitrogens with zero attached hydrogens (tertiary/aromatic N) is 2. The first-order chi connectivity index (χ1) is 11.8. The van der Waals surface area contributed by atoms with Crippen LogP contribution in [0.3, 0.4) is 0 Å². The highest BCUT2D eigenvalue weighted by molar-refractivity contribution is 6.30. The molecule has 1 aromatic heterocycles. The fraction of sp³-hybridized carbons (Fsp3) is 0.278. The van der Waals surface area contributed by atoms with Gasteiger partial charge in [0.05, 0.1) is 17.5 Å². The van der Waals surface area contributed by atoms with E-state index in [1.165, 1.54) is 17.2 Å². The van der Waals surface area contributed by atoms with E-state index >= 15 is 0 Å². The van der Waals surface area contributed by atoms with Crippen molar-refractivity contribution < 1.29 is 14.4 Å². The predicted molar refractivity (Wildman–Crippen MR) is 96.8 cm³/mol. The number of hydroxylamine groups is 1. The number of halogens is 1. The van der Waals surface area contributed by atoms with Crippen molar-refractivity contribution in [2.75, 3.05) is 10.8 Å². The molecule has 0 bridgehead atoms. The molecule has 2 aromatic rings. The van der Waals surface area contributed by atoms with Crippen LogP contribution >= 0.6 is 11.6 Å². The number of carbonyl (C=O) groups is 2. The zero-order valence-corrected chi connectivity index (χ0v) is 15.1. The summed E-state index contributed by atoms with van der Waals surface area (Å²) >= 11 is 5.72. The molecule has 132 valence electrons. The lowest BCUT2D eigenvalue weighted by Gasteiger charge is -2.22. The van der Waals surface area contributed by atoms with Crippen LogP contribution in [-0.2, 0) is 9.63 Å². The van der Waals surface area contributed by atoms with Gasteiger partial charge in [-0.3, -0.25) is 19.3 Å². The molecule has 0 aliphatic heterocycles. The molecule has 2 rings (SSSR count). The monoisotopic (exact) mass is 361 g/mol. The fourth-order valence-electron chi connectivity index (χ4n) is 1.98. The molecule has 0 spiro atoms. The Morgan fingerprint density at radius 1 is 1.12 bits per heavy atom. The van der Waals surface area contributed by atoms with E-state index in [4.69, 9.17) is 16.4 Å². The Balaban J connectivity index is 2.21. The normalized spacial score (nSPS) is 11.0. The SMILES string of the molecule is CC(C)(C)ONC(=O)c1ccc(N(C(=O)CCl)c2ccccc2)cn1. The number of aromatic nitrogens is 1. The molecule has 1 N–H and O–H groups in total. The van der Waals surface area contributed by atoms with Gasteiger partial charge in [-0.2, -0.15) is 0 Å². The van der Waals surface area contributed by atoms with E-state index in [0.29, 0.717) is 11.4 Å². The highest BCUT2D eigenvalue weighted by Gasteiger charge is 2.19. The maximum Gasteiger partial charge on any atom is 0.293 e. The van der Waals surface area contributed by atoms with Gasteiger partial charge >= 0.3 is 0 Å². The lowest BCUT2D eigenvalue weighted by atomic mass is 10.2. The van der Waals surface area contributed by atoms with Crippen LogP contribution in [0.25, 0.3) is 0 Å². The highest BCUT2D eigenvalue weighted by atomic mass is 35.5. The van der Waals surface area contributed by atoms with Gasteiger partial charge in [-0.05, 0) is 45.0 Å². The Labute approximate surface area is 151 Å². The number of para-hydroxylation sites is 1. The third-order valence-electron chi connectivity index (χ3n) is 3.07. The summed E-state index contributed by atoms with van der Waals surface area (Å²) in [5, 5.41) is 0. The average Bonchev–Trinajstić information content (AvgIpc) is 2.60. The van der Waals surface area contributed by atoms with Crippen LogP contribution in [0, 0.1) is 0 Å². The minimum atomic E-state index is -0.507. The number of carbonyl (C=O) groups excluding carboxylic acids is 2. The van der Waals surface area contributed by atoms with E-state index in [1.54, 1.807) is 18.2 Å². The second kappa shape index (κ2) is 8.09. The van der Waals surface area contributed by atoms with Gasteiger partial charge in [-0.25, -0.2) is 10.5 Å². The van der Waals surface area contributed by atoms with Gasteiger partial charge < -0.3 is 0 Å². The summed E-state index contributed by atoms with van der Waals surface area (Å²) in [6.07, 6.45) is 1.45. The van der Waals surface area contributed by atoms with E-state index in [0.717, 1.165) is 0 Å². The van der Waals surface area contributed by atoms with Crippen molar-refractivity contribution in [3.05, 3.63) is 54.4 Å². The van der Waals surface area contributed by atoms with Crippen LogP contribution in [0.4, 0.5) is 11.4 Å². The summed E-state index contributed by atoms with van der Waals surface area (Å²) < 4.78 is 0. The van der Waals surface area contributed by atoms with Crippen molar-refractivity contribution in [1.82, 2.24) is 10.5 Å². The number of pyridine rings is 1. The summed E-state index contributed by atoms with van der Waals surface area (Å²) in [7, 11) is 0. The largest absolute Gasteiger partial charge is 0.293 e. The van der Waals surface area contributed by atoms with Gasteiger partial charge in [0.15, 0.2) is 0 Å². The third-order valence-corrected chi connectivity index (χ3v) is 3.30. The van der Waals surface area contributed by atoms with Crippen molar-refractivity contribution in [3.63, 3.8) is 0 Å². The molecule has 6 nitrogen and oxygen atoms in total. The third kappa shape index (κ3) is 5.27. The molecule has 1 aromatic carbocycles. The van der Waals surface area contributed by atoms with Gasteiger partial charge in [0.25, 0.3) is 5.91 Å². The summed E-state index contributed by atoms with van der Waals surface area (Å²) in [5.74, 6) is -0.921. The molecule has 0 saturated carbocycles. The van der Waals surface area contributed by atoms with Gasteiger partial charge in [0.2, 0.25) is 5.91 Å². The Morgan fingerprint density at radius 2 is 1.80 bits per heavy atom. The van der Waals surface area contributed by atoms with E-state index in [1.807, 2.05) is 39.0 Å². The number of nitrogens with one attached hydrogen (secondary N) is 1. The molecule has 0 saturated heterocycles. The lowest BCUT2D eigenvalue weighted by molar-refractivity contribution is -0.115. The van der Waals surface area contributed by atoms with Crippen LogP contribution in [-0.4, -0.2) is 28.3 Å². The molecule has 0 aliphatic carbocycles. The maximum absolute atomic E-state index is 12.2. The number of hydrogen-bond donors (Lipinski definition) is 1. The Morgan fingerprint density at radius 3 is 2.32 bits per heavy atom. The summed E-state index contributed by atoms with van der Waals surface area (Å²) in [5.41, 5.74) is 3.21. The number of amides is 2. The van der Waals surface area contributed by atoms with E-state index in [-0.39, 0.29) is 17.5 Å². The van der Waals surface area contributed by atoms with Crippen LogP contribution in [0.5, 0.6) is 0 Å². The zero-order valence-electron chi connectivity index (χ0n) is 14.3.